The van der Waals surface area contributed by atoms with Gasteiger partial charge in [-0.05, 0) is 36.4 Å². The number of benzene rings is 1. The number of phenols is 1. The molecule has 0 aliphatic rings. The summed E-state index contributed by atoms with van der Waals surface area (Å²) in [5.74, 6) is -0.233. The number of anilines is 1. The summed E-state index contributed by atoms with van der Waals surface area (Å²) in [6.07, 6.45) is 2.74. The summed E-state index contributed by atoms with van der Waals surface area (Å²) < 4.78 is 0.775. The molecular weight excluding hydrogens is 346 g/mol. The molecule has 0 saturated carbocycles. The number of thioether (sulfide) groups is 1. The highest BCUT2D eigenvalue weighted by Crippen LogP contribution is 2.29. The van der Waals surface area contributed by atoms with Crippen LogP contribution < -0.4 is 5.32 Å². The fraction of sp³-hybridized carbons (Fsp3) is 0.200. The number of hydrogen-bond acceptors (Lipinski definition) is 7. The van der Waals surface area contributed by atoms with Gasteiger partial charge in [0.25, 0.3) is 5.91 Å². The van der Waals surface area contributed by atoms with Gasteiger partial charge in [0.2, 0.25) is 5.13 Å². The molecule has 3 N–H and O–H groups in total. The quantitative estimate of drug-likeness (QED) is 0.476. The van der Waals surface area contributed by atoms with Gasteiger partial charge >= 0.3 is 0 Å². The molecule has 7 nitrogen and oxygen atoms in total. The van der Waals surface area contributed by atoms with E-state index in [9.17, 15) is 9.90 Å². The van der Waals surface area contributed by atoms with E-state index < -0.39 is 0 Å². The summed E-state index contributed by atoms with van der Waals surface area (Å²) in [7, 11) is 0. The van der Waals surface area contributed by atoms with Gasteiger partial charge in [-0.25, -0.2) is 0 Å². The molecule has 0 aliphatic heterocycles. The van der Waals surface area contributed by atoms with Gasteiger partial charge in [0.1, 0.15) is 11.4 Å². The zero-order chi connectivity index (χ0) is 17.1. The van der Waals surface area contributed by atoms with Gasteiger partial charge in [-0.1, -0.05) is 36.1 Å². The third kappa shape index (κ3) is 3.41. The Morgan fingerprint density at radius 3 is 2.92 bits per heavy atom. The van der Waals surface area contributed by atoms with Crippen LogP contribution in [0.4, 0.5) is 5.13 Å². The van der Waals surface area contributed by atoms with Crippen LogP contribution in [-0.2, 0) is 6.42 Å². The van der Waals surface area contributed by atoms with Gasteiger partial charge < -0.3 is 5.11 Å². The number of carbonyl (C=O) groups excluding carboxylic acids is 1. The lowest BCUT2D eigenvalue weighted by Gasteiger charge is -2.03. The minimum atomic E-state index is -0.358. The summed E-state index contributed by atoms with van der Waals surface area (Å²) in [4.78, 5) is 12.3. The molecule has 1 amide bonds. The first kappa shape index (κ1) is 16.5. The zero-order valence-electron chi connectivity index (χ0n) is 13.0. The predicted molar refractivity (Wildman–Crippen MR) is 94.7 cm³/mol. The standard InChI is InChI=1S/C15H15N5O2S2/c1-3-8-4-5-12(21)9(6-8)10-7-11(18-17-10)13(22)16-14-19-20-15(23-2)24-14/h4-7,21H,3H2,1-2H3,(H,17,18)(H,16,19,22). The predicted octanol–water partition coefficient (Wildman–Crippen LogP) is 3.17. The molecule has 0 radical (unpaired) electrons. The summed E-state index contributed by atoms with van der Waals surface area (Å²) in [5.41, 5.74) is 2.46. The Kier molecular flexibility index (Phi) is 4.81. The third-order valence-electron chi connectivity index (χ3n) is 3.37. The van der Waals surface area contributed by atoms with Crippen molar-refractivity contribution in [3.05, 3.63) is 35.5 Å². The van der Waals surface area contributed by atoms with Crippen LogP contribution in [0.25, 0.3) is 11.3 Å². The van der Waals surface area contributed by atoms with Crippen molar-refractivity contribution in [3.8, 4) is 17.0 Å². The molecule has 9 heteroatoms. The van der Waals surface area contributed by atoms with Gasteiger partial charge in [-0.2, -0.15) is 5.10 Å². The molecule has 0 fully saturated rings. The Morgan fingerprint density at radius 2 is 2.21 bits per heavy atom. The molecule has 2 aromatic heterocycles. The lowest BCUT2D eigenvalue weighted by molar-refractivity contribution is 0.102. The molecule has 0 spiro atoms. The second-order valence-corrected chi connectivity index (χ2v) is 6.93. The summed E-state index contributed by atoms with van der Waals surface area (Å²) in [6.45, 7) is 2.03. The average Bonchev–Trinajstić information content (AvgIpc) is 3.24. The fourth-order valence-electron chi connectivity index (χ4n) is 2.09. The number of aromatic nitrogens is 4. The van der Waals surface area contributed by atoms with Crippen LogP contribution in [0.2, 0.25) is 0 Å². The van der Waals surface area contributed by atoms with Gasteiger partial charge in [0.05, 0.1) is 5.69 Å². The van der Waals surface area contributed by atoms with Crippen LogP contribution >= 0.6 is 23.1 Å². The van der Waals surface area contributed by atoms with E-state index in [0.717, 1.165) is 16.3 Å². The van der Waals surface area contributed by atoms with Crippen molar-refractivity contribution in [2.45, 2.75) is 17.7 Å². The molecule has 1 aromatic carbocycles. The van der Waals surface area contributed by atoms with Crippen molar-refractivity contribution in [2.24, 2.45) is 0 Å². The molecule has 0 aliphatic carbocycles. The van der Waals surface area contributed by atoms with E-state index in [-0.39, 0.29) is 17.4 Å². The maximum atomic E-state index is 12.3. The second kappa shape index (κ2) is 7.02. The van der Waals surface area contributed by atoms with E-state index in [4.69, 9.17) is 0 Å². The Hall–Kier alpha value is -2.39. The zero-order valence-corrected chi connectivity index (χ0v) is 14.7. The summed E-state index contributed by atoms with van der Waals surface area (Å²) in [5, 5.41) is 27.8. The SMILES string of the molecule is CCc1ccc(O)c(-c2cc(C(=O)Nc3nnc(SC)s3)[nH]n2)c1. The molecule has 0 saturated heterocycles. The Morgan fingerprint density at radius 1 is 1.38 bits per heavy atom. The first-order valence-corrected chi connectivity index (χ1v) is 9.21. The van der Waals surface area contributed by atoms with Crippen LogP contribution in [0.15, 0.2) is 28.6 Å². The number of H-pyrrole nitrogens is 1. The van der Waals surface area contributed by atoms with E-state index in [2.05, 4.69) is 25.7 Å². The molecule has 0 bridgehead atoms. The van der Waals surface area contributed by atoms with Crippen LogP contribution in [0.5, 0.6) is 5.75 Å². The topological polar surface area (TPSA) is 104 Å². The molecule has 0 atom stereocenters. The molecule has 124 valence electrons. The lowest BCUT2D eigenvalue weighted by Crippen LogP contribution is -2.12. The lowest BCUT2D eigenvalue weighted by atomic mass is 10.1. The molecule has 0 unspecified atom stereocenters. The van der Waals surface area contributed by atoms with E-state index in [0.29, 0.717) is 16.4 Å². The van der Waals surface area contributed by atoms with E-state index in [1.807, 2.05) is 25.3 Å². The third-order valence-corrected chi connectivity index (χ3v) is 5.18. The van der Waals surface area contributed by atoms with Gasteiger partial charge in [0.15, 0.2) is 4.34 Å². The highest BCUT2D eigenvalue weighted by Gasteiger charge is 2.15. The minimum Gasteiger partial charge on any atom is -0.507 e. The van der Waals surface area contributed by atoms with Crippen LogP contribution in [0, 0.1) is 0 Å². The van der Waals surface area contributed by atoms with Crippen molar-refractivity contribution in [2.75, 3.05) is 11.6 Å². The number of carbonyl (C=O) groups is 1. The summed E-state index contributed by atoms with van der Waals surface area (Å²) >= 11 is 2.77. The number of aromatic hydroxyl groups is 1. The van der Waals surface area contributed by atoms with Crippen molar-refractivity contribution < 1.29 is 9.90 Å². The Bertz CT molecular complexity index is 874. The normalized spacial score (nSPS) is 10.8. The van der Waals surface area contributed by atoms with Gasteiger partial charge in [0, 0.05) is 5.56 Å². The van der Waals surface area contributed by atoms with Crippen molar-refractivity contribution in [1.29, 1.82) is 0 Å². The smallest absolute Gasteiger partial charge is 0.275 e. The number of nitrogens with one attached hydrogen (secondary N) is 2. The Balaban J connectivity index is 1.81. The number of aryl methyl sites for hydroxylation is 1. The number of aromatic amines is 1. The fourth-order valence-corrected chi connectivity index (χ4v) is 3.26. The van der Waals surface area contributed by atoms with Crippen LogP contribution in [0.1, 0.15) is 23.0 Å². The highest BCUT2D eigenvalue weighted by molar-refractivity contribution is 8.00. The number of nitrogens with zero attached hydrogens (tertiary/aromatic N) is 3. The molecule has 2 heterocycles. The van der Waals surface area contributed by atoms with Crippen LogP contribution in [-0.4, -0.2) is 37.7 Å². The maximum absolute atomic E-state index is 12.3. The van der Waals surface area contributed by atoms with Gasteiger partial charge in [-0.15, -0.1) is 10.2 Å². The molecule has 24 heavy (non-hydrogen) atoms. The van der Waals surface area contributed by atoms with Crippen molar-refractivity contribution in [3.63, 3.8) is 0 Å². The summed E-state index contributed by atoms with van der Waals surface area (Å²) in [6, 6.07) is 6.95. The second-order valence-electron chi connectivity index (χ2n) is 4.90. The number of phenolic OH excluding ortho intramolecular Hbond substituents is 1. The van der Waals surface area contributed by atoms with Crippen molar-refractivity contribution >= 4 is 34.1 Å². The number of amides is 1. The monoisotopic (exact) mass is 361 g/mol. The molecule has 3 rings (SSSR count). The number of rotatable bonds is 5. The largest absolute Gasteiger partial charge is 0.507 e. The van der Waals surface area contributed by atoms with E-state index in [1.54, 1.807) is 12.1 Å². The van der Waals surface area contributed by atoms with Gasteiger partial charge in [-0.3, -0.25) is 15.2 Å². The van der Waals surface area contributed by atoms with E-state index >= 15 is 0 Å². The van der Waals surface area contributed by atoms with E-state index in [1.165, 1.54) is 23.1 Å². The highest BCUT2D eigenvalue weighted by atomic mass is 32.2. The molecule has 3 aromatic rings. The maximum Gasteiger partial charge on any atom is 0.275 e. The number of hydrogen-bond donors (Lipinski definition) is 3. The Labute approximate surface area is 146 Å². The van der Waals surface area contributed by atoms with Crippen LogP contribution in [0.3, 0.4) is 0 Å². The van der Waals surface area contributed by atoms with Crippen molar-refractivity contribution in [1.82, 2.24) is 20.4 Å². The first-order valence-electron chi connectivity index (χ1n) is 7.17. The average molecular weight is 361 g/mol. The molecular formula is C15H15N5O2S2. The first-order chi connectivity index (χ1) is 11.6. The minimum absolute atomic E-state index is 0.124.